The summed E-state index contributed by atoms with van der Waals surface area (Å²) in [6.45, 7) is 12.8. The molecular formula is C24H33N3O3S. The van der Waals surface area contributed by atoms with Crippen LogP contribution in [0.25, 0.3) is 0 Å². The number of thioether (sulfide) groups is 1. The Kier molecular flexibility index (Phi) is 7.14. The summed E-state index contributed by atoms with van der Waals surface area (Å²) in [4.78, 5) is 32.3. The highest BCUT2D eigenvalue weighted by molar-refractivity contribution is 8.13. The number of anilines is 1. The molecule has 168 valence electrons. The Morgan fingerprint density at radius 1 is 1.26 bits per heavy atom. The third kappa shape index (κ3) is 5.50. The summed E-state index contributed by atoms with van der Waals surface area (Å²) in [5.74, 6) is 0.954. The van der Waals surface area contributed by atoms with Gasteiger partial charge in [0.2, 0.25) is 5.91 Å². The van der Waals surface area contributed by atoms with Crippen LogP contribution in [0.15, 0.2) is 40.5 Å². The average molecular weight is 444 g/mol. The molecule has 0 aliphatic carbocycles. The van der Waals surface area contributed by atoms with E-state index in [9.17, 15) is 9.59 Å². The number of nitrogens with one attached hydrogen (secondary N) is 1. The smallest absolute Gasteiger partial charge is 0.338 e. The number of benzene rings is 1. The zero-order chi connectivity index (χ0) is 22.8. The van der Waals surface area contributed by atoms with Gasteiger partial charge < -0.3 is 15.0 Å². The van der Waals surface area contributed by atoms with E-state index in [2.05, 4.69) is 10.2 Å². The third-order valence-electron chi connectivity index (χ3n) is 5.19. The molecule has 1 N–H and O–H groups in total. The Hall–Kier alpha value is -2.28. The van der Waals surface area contributed by atoms with Gasteiger partial charge in [-0.25, -0.2) is 9.79 Å². The standard InChI is InChI=1S/C24H33N3O3S/c1-15(2)14-30-21(28)19-16(3)25-23-27(12-7-13-31-23)20(19)17-8-10-18(11-9-17)26-22(29)24(4,5)6/h8-11,15,20H,7,12-14H2,1-6H3,(H,26,29)/t20-/m0/s1. The van der Waals surface area contributed by atoms with E-state index >= 15 is 0 Å². The minimum absolute atomic E-state index is 0.0338. The Morgan fingerprint density at radius 3 is 2.55 bits per heavy atom. The zero-order valence-corrected chi connectivity index (χ0v) is 20.1. The van der Waals surface area contributed by atoms with Crippen molar-refractivity contribution in [2.24, 2.45) is 16.3 Å². The predicted octanol–water partition coefficient (Wildman–Crippen LogP) is 4.99. The van der Waals surface area contributed by atoms with Crippen molar-refractivity contribution >= 4 is 34.5 Å². The molecule has 1 aromatic rings. The summed E-state index contributed by atoms with van der Waals surface area (Å²) in [6, 6.07) is 7.51. The van der Waals surface area contributed by atoms with Crippen LogP contribution in [0.2, 0.25) is 0 Å². The maximum Gasteiger partial charge on any atom is 0.338 e. The van der Waals surface area contributed by atoms with Gasteiger partial charge in [0.05, 0.1) is 23.9 Å². The molecule has 1 aromatic carbocycles. The SMILES string of the molecule is CC1=C(C(=O)OCC(C)C)[C@H](c2ccc(NC(=O)C(C)(C)C)cc2)N2CCCSC2=N1. The quantitative estimate of drug-likeness (QED) is 0.649. The first kappa shape index (κ1) is 23.4. The maximum atomic E-state index is 13.1. The molecule has 1 atom stereocenters. The average Bonchev–Trinajstić information content (AvgIpc) is 2.71. The fourth-order valence-electron chi connectivity index (χ4n) is 3.46. The van der Waals surface area contributed by atoms with E-state index in [4.69, 9.17) is 9.73 Å². The highest BCUT2D eigenvalue weighted by Gasteiger charge is 2.38. The van der Waals surface area contributed by atoms with Gasteiger partial charge in [-0.05, 0) is 37.0 Å². The van der Waals surface area contributed by atoms with E-state index < -0.39 is 5.41 Å². The van der Waals surface area contributed by atoms with Crippen molar-refractivity contribution in [3.63, 3.8) is 0 Å². The van der Waals surface area contributed by atoms with Gasteiger partial charge in [0.1, 0.15) is 0 Å². The van der Waals surface area contributed by atoms with Crippen molar-refractivity contribution in [2.45, 2.75) is 54.0 Å². The van der Waals surface area contributed by atoms with Gasteiger partial charge in [-0.3, -0.25) is 4.79 Å². The Bertz CT molecular complexity index is 898. The Labute approximate surface area is 189 Å². The zero-order valence-electron chi connectivity index (χ0n) is 19.3. The first-order valence-corrected chi connectivity index (χ1v) is 11.8. The second-order valence-corrected chi connectivity index (χ2v) is 10.6. The summed E-state index contributed by atoms with van der Waals surface area (Å²) in [6.07, 6.45) is 1.03. The minimum Gasteiger partial charge on any atom is -0.462 e. The first-order chi connectivity index (χ1) is 14.6. The number of rotatable bonds is 5. The molecule has 0 bridgehead atoms. The van der Waals surface area contributed by atoms with Gasteiger partial charge in [0.15, 0.2) is 5.17 Å². The topological polar surface area (TPSA) is 71.0 Å². The number of allylic oxidation sites excluding steroid dienone is 1. The molecule has 0 saturated carbocycles. The van der Waals surface area contributed by atoms with Crippen molar-refractivity contribution in [3.05, 3.63) is 41.1 Å². The lowest BCUT2D eigenvalue weighted by Crippen LogP contribution is -2.42. The number of fused-ring (bicyclic) bond motifs is 1. The van der Waals surface area contributed by atoms with E-state index in [1.807, 2.05) is 65.8 Å². The highest BCUT2D eigenvalue weighted by atomic mass is 32.2. The van der Waals surface area contributed by atoms with E-state index in [0.717, 1.165) is 35.1 Å². The second-order valence-electron chi connectivity index (χ2n) is 9.51. The summed E-state index contributed by atoms with van der Waals surface area (Å²) in [5, 5.41) is 3.92. The molecular weight excluding hydrogens is 410 g/mol. The summed E-state index contributed by atoms with van der Waals surface area (Å²) in [7, 11) is 0. The molecule has 0 radical (unpaired) electrons. The predicted molar refractivity (Wildman–Crippen MR) is 127 cm³/mol. The molecule has 0 aromatic heterocycles. The molecule has 1 saturated heterocycles. The first-order valence-electron chi connectivity index (χ1n) is 10.9. The molecule has 2 heterocycles. The molecule has 0 unspecified atom stereocenters. The molecule has 1 amide bonds. The Balaban J connectivity index is 1.92. The second kappa shape index (κ2) is 9.47. The van der Waals surface area contributed by atoms with Crippen LogP contribution in [-0.4, -0.2) is 40.8 Å². The van der Waals surface area contributed by atoms with E-state index in [1.54, 1.807) is 11.8 Å². The summed E-state index contributed by atoms with van der Waals surface area (Å²) < 4.78 is 5.60. The van der Waals surface area contributed by atoms with Crippen LogP contribution < -0.4 is 5.32 Å². The van der Waals surface area contributed by atoms with Gasteiger partial charge in [-0.2, -0.15) is 0 Å². The lowest BCUT2D eigenvalue weighted by Gasteiger charge is -2.40. The van der Waals surface area contributed by atoms with Crippen molar-refractivity contribution < 1.29 is 14.3 Å². The number of aliphatic imine (C=N–C) groups is 1. The minimum atomic E-state index is -0.467. The largest absolute Gasteiger partial charge is 0.462 e. The van der Waals surface area contributed by atoms with Crippen molar-refractivity contribution in [1.82, 2.24) is 4.90 Å². The van der Waals surface area contributed by atoms with Crippen molar-refractivity contribution in [2.75, 3.05) is 24.2 Å². The lowest BCUT2D eigenvalue weighted by atomic mass is 9.93. The molecule has 3 rings (SSSR count). The highest BCUT2D eigenvalue weighted by Crippen LogP contribution is 2.40. The molecule has 1 fully saturated rings. The van der Waals surface area contributed by atoms with E-state index in [1.165, 1.54) is 0 Å². The van der Waals surface area contributed by atoms with Crippen LogP contribution >= 0.6 is 11.8 Å². The van der Waals surface area contributed by atoms with Crippen molar-refractivity contribution in [1.29, 1.82) is 0 Å². The number of hydrogen-bond donors (Lipinski definition) is 1. The fraction of sp³-hybridized carbons (Fsp3) is 0.542. The molecule has 0 spiro atoms. The van der Waals surface area contributed by atoms with Crippen LogP contribution in [0.3, 0.4) is 0 Å². The van der Waals surface area contributed by atoms with Crippen LogP contribution in [0, 0.1) is 11.3 Å². The van der Waals surface area contributed by atoms with Crippen LogP contribution in [-0.2, 0) is 14.3 Å². The number of ether oxygens (including phenoxy) is 1. The number of carbonyl (C=O) groups excluding carboxylic acids is 2. The normalized spacial score (nSPS) is 19.1. The molecule has 6 nitrogen and oxygen atoms in total. The number of nitrogens with zero attached hydrogens (tertiary/aromatic N) is 2. The number of hydrogen-bond acceptors (Lipinski definition) is 6. The maximum absolute atomic E-state index is 13.1. The van der Waals surface area contributed by atoms with Crippen LogP contribution in [0.4, 0.5) is 5.69 Å². The van der Waals surface area contributed by atoms with Gasteiger partial charge in [0, 0.05) is 23.4 Å². The molecule has 2 aliphatic heterocycles. The van der Waals surface area contributed by atoms with Crippen LogP contribution in [0.5, 0.6) is 0 Å². The number of esters is 1. The number of amides is 1. The van der Waals surface area contributed by atoms with E-state index in [-0.39, 0.29) is 23.8 Å². The van der Waals surface area contributed by atoms with Crippen molar-refractivity contribution in [3.8, 4) is 0 Å². The summed E-state index contributed by atoms with van der Waals surface area (Å²) >= 11 is 1.73. The molecule has 7 heteroatoms. The van der Waals surface area contributed by atoms with Gasteiger partial charge in [0.25, 0.3) is 0 Å². The summed E-state index contributed by atoms with van der Waals surface area (Å²) in [5.41, 5.74) is 2.57. The number of amidine groups is 1. The molecule has 2 aliphatic rings. The monoisotopic (exact) mass is 443 g/mol. The fourth-order valence-corrected chi connectivity index (χ4v) is 4.48. The molecule has 31 heavy (non-hydrogen) atoms. The van der Waals surface area contributed by atoms with Gasteiger partial charge >= 0.3 is 5.97 Å². The van der Waals surface area contributed by atoms with Gasteiger partial charge in [-0.1, -0.05) is 58.5 Å². The Morgan fingerprint density at radius 2 is 1.94 bits per heavy atom. The third-order valence-corrected chi connectivity index (χ3v) is 6.27. The lowest BCUT2D eigenvalue weighted by molar-refractivity contribution is -0.141. The van der Waals surface area contributed by atoms with Crippen LogP contribution in [0.1, 0.15) is 59.6 Å². The number of carbonyl (C=O) groups is 2. The van der Waals surface area contributed by atoms with E-state index in [0.29, 0.717) is 17.9 Å². The van der Waals surface area contributed by atoms with Gasteiger partial charge in [-0.15, -0.1) is 0 Å².